The molecule has 5 heteroatoms. The standard InChI is InChI=1S/C13H19N3O2/c17-13(9-10-3-2-8-18-10)16-7-1-4-12(16)11-5-6-14-15-11/h5-6,10,12H,1-4,7-9H2,(H,14,15). The number of likely N-dealkylation sites (tertiary alicyclic amines) is 1. The molecule has 0 aliphatic carbocycles. The van der Waals surface area contributed by atoms with Crippen molar-refractivity contribution in [3.63, 3.8) is 0 Å². The molecule has 2 saturated heterocycles. The number of hydrogen-bond acceptors (Lipinski definition) is 3. The molecule has 2 unspecified atom stereocenters. The number of nitrogens with one attached hydrogen (secondary N) is 1. The first-order valence-corrected chi connectivity index (χ1v) is 6.75. The normalized spacial score (nSPS) is 27.9. The van der Waals surface area contributed by atoms with Crippen LogP contribution in [0.5, 0.6) is 0 Å². The molecule has 18 heavy (non-hydrogen) atoms. The number of ether oxygens (including phenoxy) is 1. The monoisotopic (exact) mass is 249 g/mol. The molecule has 0 spiro atoms. The summed E-state index contributed by atoms with van der Waals surface area (Å²) in [5, 5.41) is 6.96. The summed E-state index contributed by atoms with van der Waals surface area (Å²) >= 11 is 0. The van der Waals surface area contributed by atoms with Gasteiger partial charge in [0.15, 0.2) is 0 Å². The van der Waals surface area contributed by atoms with Crippen LogP contribution in [0.15, 0.2) is 12.3 Å². The van der Waals surface area contributed by atoms with E-state index < -0.39 is 0 Å². The minimum Gasteiger partial charge on any atom is -0.378 e. The van der Waals surface area contributed by atoms with Gasteiger partial charge in [0.1, 0.15) is 0 Å². The Labute approximate surface area is 107 Å². The minimum absolute atomic E-state index is 0.139. The molecular formula is C13H19N3O2. The first-order valence-electron chi connectivity index (χ1n) is 6.75. The van der Waals surface area contributed by atoms with Crippen LogP contribution in [0, 0.1) is 0 Å². The largest absolute Gasteiger partial charge is 0.378 e. The first kappa shape index (κ1) is 11.7. The maximum absolute atomic E-state index is 12.3. The third-order valence-corrected chi connectivity index (χ3v) is 3.88. The Morgan fingerprint density at radius 1 is 1.50 bits per heavy atom. The first-order chi connectivity index (χ1) is 8.84. The van der Waals surface area contributed by atoms with Gasteiger partial charge in [0.2, 0.25) is 5.91 Å². The molecule has 1 aromatic heterocycles. The molecule has 5 nitrogen and oxygen atoms in total. The zero-order valence-corrected chi connectivity index (χ0v) is 10.5. The number of carbonyl (C=O) groups is 1. The molecule has 2 atom stereocenters. The molecule has 1 N–H and O–H groups in total. The van der Waals surface area contributed by atoms with Gasteiger partial charge < -0.3 is 9.64 Å². The smallest absolute Gasteiger partial charge is 0.225 e. The molecule has 0 aromatic carbocycles. The van der Waals surface area contributed by atoms with Crippen molar-refractivity contribution in [3.05, 3.63) is 18.0 Å². The summed E-state index contributed by atoms with van der Waals surface area (Å²) in [5.74, 6) is 0.221. The van der Waals surface area contributed by atoms with Crippen LogP contribution in [-0.4, -0.2) is 40.3 Å². The highest BCUT2D eigenvalue weighted by Gasteiger charge is 2.32. The SMILES string of the molecule is O=C(CC1CCCO1)N1CCCC1c1ccn[nH]1. The number of carbonyl (C=O) groups excluding carboxylic acids is 1. The van der Waals surface area contributed by atoms with Crippen molar-refractivity contribution >= 4 is 5.91 Å². The lowest BCUT2D eigenvalue weighted by atomic mass is 10.1. The predicted octanol–water partition coefficient (Wildman–Crippen LogP) is 1.64. The lowest BCUT2D eigenvalue weighted by molar-refractivity contribution is -0.134. The number of nitrogens with zero attached hydrogens (tertiary/aromatic N) is 2. The van der Waals surface area contributed by atoms with E-state index in [1.54, 1.807) is 6.20 Å². The van der Waals surface area contributed by atoms with Crippen LogP contribution in [-0.2, 0) is 9.53 Å². The number of aromatic amines is 1. The second-order valence-corrected chi connectivity index (χ2v) is 5.10. The molecule has 0 saturated carbocycles. The Kier molecular flexibility index (Phi) is 3.32. The van der Waals surface area contributed by atoms with Gasteiger partial charge in [0, 0.05) is 19.3 Å². The molecule has 0 bridgehead atoms. The van der Waals surface area contributed by atoms with Gasteiger partial charge >= 0.3 is 0 Å². The van der Waals surface area contributed by atoms with Crippen LogP contribution in [0.2, 0.25) is 0 Å². The van der Waals surface area contributed by atoms with Gasteiger partial charge in [-0.2, -0.15) is 5.10 Å². The average molecular weight is 249 g/mol. The van der Waals surface area contributed by atoms with E-state index in [4.69, 9.17) is 4.74 Å². The predicted molar refractivity (Wildman–Crippen MR) is 65.9 cm³/mol. The molecular weight excluding hydrogens is 230 g/mol. The molecule has 1 aromatic rings. The quantitative estimate of drug-likeness (QED) is 0.886. The topological polar surface area (TPSA) is 58.2 Å². The van der Waals surface area contributed by atoms with E-state index in [0.717, 1.165) is 44.5 Å². The lowest BCUT2D eigenvalue weighted by Gasteiger charge is -2.24. The maximum Gasteiger partial charge on any atom is 0.225 e. The highest BCUT2D eigenvalue weighted by Crippen LogP contribution is 2.31. The zero-order valence-electron chi connectivity index (χ0n) is 10.5. The zero-order chi connectivity index (χ0) is 12.4. The summed E-state index contributed by atoms with van der Waals surface area (Å²) in [7, 11) is 0. The van der Waals surface area contributed by atoms with E-state index in [2.05, 4.69) is 10.2 Å². The Morgan fingerprint density at radius 2 is 2.44 bits per heavy atom. The molecule has 0 radical (unpaired) electrons. The van der Waals surface area contributed by atoms with E-state index >= 15 is 0 Å². The number of hydrogen-bond donors (Lipinski definition) is 1. The van der Waals surface area contributed by atoms with Crippen LogP contribution in [0.1, 0.15) is 43.8 Å². The number of H-pyrrole nitrogens is 1. The third kappa shape index (κ3) is 2.27. The van der Waals surface area contributed by atoms with Gasteiger partial charge in [-0.15, -0.1) is 0 Å². The van der Waals surface area contributed by atoms with Crippen LogP contribution in [0.4, 0.5) is 0 Å². The minimum atomic E-state index is 0.139. The summed E-state index contributed by atoms with van der Waals surface area (Å²) in [5.41, 5.74) is 1.05. The number of amides is 1. The van der Waals surface area contributed by atoms with Crippen molar-refractivity contribution in [3.8, 4) is 0 Å². The molecule has 2 aliphatic heterocycles. The summed E-state index contributed by atoms with van der Waals surface area (Å²) in [6.07, 6.45) is 6.62. The Balaban J connectivity index is 1.65. The van der Waals surface area contributed by atoms with Crippen LogP contribution >= 0.6 is 0 Å². The number of rotatable bonds is 3. The van der Waals surface area contributed by atoms with Crippen LogP contribution < -0.4 is 0 Å². The fraction of sp³-hybridized carbons (Fsp3) is 0.692. The van der Waals surface area contributed by atoms with Gasteiger partial charge in [-0.25, -0.2) is 0 Å². The van der Waals surface area contributed by atoms with Crippen LogP contribution in [0.25, 0.3) is 0 Å². The average Bonchev–Trinajstić information content (AvgIpc) is 3.11. The van der Waals surface area contributed by atoms with Gasteiger partial charge in [-0.05, 0) is 31.7 Å². The van der Waals surface area contributed by atoms with Crippen molar-refractivity contribution < 1.29 is 9.53 Å². The number of aromatic nitrogens is 2. The molecule has 3 heterocycles. The van der Waals surface area contributed by atoms with E-state index in [9.17, 15) is 4.79 Å². The second-order valence-electron chi connectivity index (χ2n) is 5.10. The molecule has 2 aliphatic rings. The van der Waals surface area contributed by atoms with Gasteiger partial charge in [0.25, 0.3) is 0 Å². The van der Waals surface area contributed by atoms with Gasteiger partial charge in [-0.1, -0.05) is 0 Å². The Hall–Kier alpha value is -1.36. The summed E-state index contributed by atoms with van der Waals surface area (Å²) in [6.45, 7) is 1.66. The Morgan fingerprint density at radius 3 is 3.17 bits per heavy atom. The van der Waals surface area contributed by atoms with Crippen molar-refractivity contribution in [2.75, 3.05) is 13.2 Å². The summed E-state index contributed by atoms with van der Waals surface area (Å²) in [4.78, 5) is 14.3. The molecule has 1 amide bonds. The van der Waals surface area contributed by atoms with E-state index in [0.29, 0.717) is 6.42 Å². The maximum atomic E-state index is 12.3. The van der Waals surface area contributed by atoms with Crippen molar-refractivity contribution in [1.29, 1.82) is 0 Å². The van der Waals surface area contributed by atoms with E-state index in [-0.39, 0.29) is 18.1 Å². The lowest BCUT2D eigenvalue weighted by Crippen LogP contribution is -2.33. The van der Waals surface area contributed by atoms with Crippen molar-refractivity contribution in [2.45, 2.75) is 44.2 Å². The van der Waals surface area contributed by atoms with Gasteiger partial charge in [-0.3, -0.25) is 9.89 Å². The fourth-order valence-electron chi connectivity index (χ4n) is 2.96. The molecule has 98 valence electrons. The Bertz CT molecular complexity index is 398. The highest BCUT2D eigenvalue weighted by molar-refractivity contribution is 5.77. The highest BCUT2D eigenvalue weighted by atomic mass is 16.5. The van der Waals surface area contributed by atoms with Gasteiger partial charge in [0.05, 0.1) is 24.3 Å². The fourth-order valence-corrected chi connectivity index (χ4v) is 2.96. The van der Waals surface area contributed by atoms with Crippen LogP contribution in [0.3, 0.4) is 0 Å². The van der Waals surface area contributed by atoms with E-state index in [1.165, 1.54) is 0 Å². The van der Waals surface area contributed by atoms with Crippen molar-refractivity contribution in [1.82, 2.24) is 15.1 Å². The van der Waals surface area contributed by atoms with E-state index in [1.807, 2.05) is 11.0 Å². The summed E-state index contributed by atoms with van der Waals surface area (Å²) in [6, 6.07) is 2.14. The summed E-state index contributed by atoms with van der Waals surface area (Å²) < 4.78 is 5.54. The van der Waals surface area contributed by atoms with Crippen molar-refractivity contribution in [2.24, 2.45) is 0 Å². The third-order valence-electron chi connectivity index (χ3n) is 3.88. The molecule has 2 fully saturated rings. The molecule has 3 rings (SSSR count). The second kappa shape index (κ2) is 5.10.